The zero-order valence-corrected chi connectivity index (χ0v) is 20.1. The highest BCUT2D eigenvalue weighted by molar-refractivity contribution is 6.30. The van der Waals surface area contributed by atoms with E-state index in [4.69, 9.17) is 21.1 Å². The summed E-state index contributed by atoms with van der Waals surface area (Å²) < 4.78 is 10.7. The number of anilines is 1. The standard InChI is InChI=1S/C25H29ClN4O4/c1-3-34-24(31)22-21(27-25(32)28-23(22)17-6-4-7-18(26)14-17)16-29-10-12-30(13-11-29)19-8-5-9-20(15-19)33-2/h4-9,14-15,23H,3,10-13,16H2,1-2H3,(H2,27,28,32). The van der Waals surface area contributed by atoms with Crippen molar-refractivity contribution in [1.29, 1.82) is 0 Å². The summed E-state index contributed by atoms with van der Waals surface area (Å²) in [4.78, 5) is 30.0. The van der Waals surface area contributed by atoms with Crippen LogP contribution in [0, 0.1) is 0 Å². The van der Waals surface area contributed by atoms with E-state index < -0.39 is 12.0 Å². The maximum atomic E-state index is 13.0. The number of carbonyl (C=O) groups excluding carboxylic acids is 2. The largest absolute Gasteiger partial charge is 0.497 e. The van der Waals surface area contributed by atoms with Gasteiger partial charge in [-0.1, -0.05) is 29.8 Å². The first-order valence-electron chi connectivity index (χ1n) is 11.3. The zero-order chi connectivity index (χ0) is 24.1. The van der Waals surface area contributed by atoms with Crippen molar-refractivity contribution in [3.05, 3.63) is 70.4 Å². The van der Waals surface area contributed by atoms with Gasteiger partial charge in [-0.3, -0.25) is 4.90 Å². The van der Waals surface area contributed by atoms with Gasteiger partial charge in [0.2, 0.25) is 0 Å². The molecule has 1 unspecified atom stereocenters. The molecule has 0 aliphatic carbocycles. The van der Waals surface area contributed by atoms with Crippen molar-refractivity contribution in [1.82, 2.24) is 15.5 Å². The lowest BCUT2D eigenvalue weighted by Crippen LogP contribution is -2.51. The highest BCUT2D eigenvalue weighted by Gasteiger charge is 2.34. The van der Waals surface area contributed by atoms with E-state index >= 15 is 0 Å². The van der Waals surface area contributed by atoms with E-state index in [2.05, 4.69) is 26.5 Å². The summed E-state index contributed by atoms with van der Waals surface area (Å²) in [6.07, 6.45) is 0. The Morgan fingerprint density at radius 2 is 1.88 bits per heavy atom. The molecule has 0 bridgehead atoms. The van der Waals surface area contributed by atoms with Gasteiger partial charge >= 0.3 is 12.0 Å². The van der Waals surface area contributed by atoms with Gasteiger partial charge < -0.3 is 25.0 Å². The smallest absolute Gasteiger partial charge is 0.338 e. The molecule has 2 heterocycles. The molecule has 2 aromatic carbocycles. The van der Waals surface area contributed by atoms with Gasteiger partial charge in [-0.15, -0.1) is 0 Å². The fourth-order valence-electron chi connectivity index (χ4n) is 4.32. The normalized spacial score (nSPS) is 18.9. The van der Waals surface area contributed by atoms with Crippen molar-refractivity contribution in [2.45, 2.75) is 13.0 Å². The average molecular weight is 485 g/mol. The van der Waals surface area contributed by atoms with Crippen molar-refractivity contribution in [3.63, 3.8) is 0 Å². The van der Waals surface area contributed by atoms with E-state index in [1.807, 2.05) is 24.3 Å². The van der Waals surface area contributed by atoms with Gasteiger partial charge in [0.1, 0.15) is 5.75 Å². The van der Waals surface area contributed by atoms with Crippen LogP contribution in [0.1, 0.15) is 18.5 Å². The van der Waals surface area contributed by atoms with E-state index in [0.29, 0.717) is 22.8 Å². The van der Waals surface area contributed by atoms with Crippen LogP contribution in [0.25, 0.3) is 0 Å². The van der Waals surface area contributed by atoms with Gasteiger partial charge in [-0.2, -0.15) is 0 Å². The Bertz CT molecular complexity index is 1080. The first-order chi connectivity index (χ1) is 16.5. The van der Waals surface area contributed by atoms with Gasteiger partial charge in [0.25, 0.3) is 0 Å². The summed E-state index contributed by atoms with van der Waals surface area (Å²) >= 11 is 6.18. The Hall–Kier alpha value is -3.23. The molecule has 0 saturated carbocycles. The highest BCUT2D eigenvalue weighted by Crippen LogP contribution is 2.30. The Morgan fingerprint density at radius 1 is 1.12 bits per heavy atom. The van der Waals surface area contributed by atoms with Crippen LogP contribution >= 0.6 is 11.6 Å². The van der Waals surface area contributed by atoms with Crippen molar-refractivity contribution in [2.75, 3.05) is 51.3 Å². The summed E-state index contributed by atoms with van der Waals surface area (Å²) in [5, 5.41) is 6.23. The van der Waals surface area contributed by atoms with E-state index in [1.54, 1.807) is 32.2 Å². The molecular formula is C25H29ClN4O4. The molecule has 2 amide bonds. The maximum absolute atomic E-state index is 13.0. The summed E-state index contributed by atoms with van der Waals surface area (Å²) in [6, 6.07) is 14.2. The molecule has 2 N–H and O–H groups in total. The van der Waals surface area contributed by atoms with Gasteiger partial charge in [-0.25, -0.2) is 9.59 Å². The van der Waals surface area contributed by atoms with Crippen LogP contribution in [0.2, 0.25) is 5.02 Å². The lowest BCUT2D eigenvalue weighted by molar-refractivity contribution is -0.139. The molecule has 1 fully saturated rings. The van der Waals surface area contributed by atoms with Gasteiger partial charge in [-0.05, 0) is 36.8 Å². The molecule has 1 atom stereocenters. The second-order valence-corrected chi connectivity index (χ2v) is 8.60. The fourth-order valence-corrected chi connectivity index (χ4v) is 4.52. The third-order valence-corrected chi connectivity index (χ3v) is 6.24. The van der Waals surface area contributed by atoms with Crippen LogP contribution < -0.4 is 20.3 Å². The van der Waals surface area contributed by atoms with Crippen molar-refractivity contribution >= 4 is 29.3 Å². The number of nitrogens with zero attached hydrogens (tertiary/aromatic N) is 2. The molecule has 0 spiro atoms. The molecule has 0 aromatic heterocycles. The van der Waals surface area contributed by atoms with Crippen molar-refractivity contribution in [2.24, 2.45) is 0 Å². The number of benzene rings is 2. The Morgan fingerprint density at radius 3 is 2.59 bits per heavy atom. The number of urea groups is 1. The lowest BCUT2D eigenvalue weighted by Gasteiger charge is -2.38. The number of ether oxygens (including phenoxy) is 2. The minimum Gasteiger partial charge on any atom is -0.497 e. The molecule has 4 rings (SSSR count). The van der Waals surface area contributed by atoms with Crippen molar-refractivity contribution < 1.29 is 19.1 Å². The van der Waals surface area contributed by atoms with Gasteiger partial charge in [0.05, 0.1) is 25.3 Å². The molecule has 1 saturated heterocycles. The molecule has 34 heavy (non-hydrogen) atoms. The van der Waals surface area contributed by atoms with Crippen molar-refractivity contribution in [3.8, 4) is 5.75 Å². The highest BCUT2D eigenvalue weighted by atomic mass is 35.5. The summed E-state index contributed by atoms with van der Waals surface area (Å²) in [5.41, 5.74) is 2.80. The van der Waals surface area contributed by atoms with E-state index in [1.165, 1.54) is 0 Å². The number of esters is 1. The Labute approximate surface area is 204 Å². The average Bonchev–Trinajstić information content (AvgIpc) is 2.84. The topological polar surface area (TPSA) is 83.1 Å². The molecular weight excluding hydrogens is 456 g/mol. The monoisotopic (exact) mass is 484 g/mol. The zero-order valence-electron chi connectivity index (χ0n) is 19.3. The molecule has 2 aliphatic rings. The number of halogens is 1. The number of piperazine rings is 1. The molecule has 2 aliphatic heterocycles. The number of hydrogen-bond acceptors (Lipinski definition) is 6. The number of methoxy groups -OCH3 is 1. The van der Waals surface area contributed by atoms with E-state index in [-0.39, 0.29) is 12.6 Å². The minimum atomic E-state index is -0.639. The van der Waals surface area contributed by atoms with Crippen LogP contribution in [0.3, 0.4) is 0 Å². The third-order valence-electron chi connectivity index (χ3n) is 6.00. The second-order valence-electron chi connectivity index (χ2n) is 8.16. The van der Waals surface area contributed by atoms with E-state index in [9.17, 15) is 9.59 Å². The summed E-state index contributed by atoms with van der Waals surface area (Å²) in [6.45, 7) is 5.64. The van der Waals surface area contributed by atoms with Crippen LogP contribution in [0.4, 0.5) is 10.5 Å². The predicted octanol–water partition coefficient (Wildman–Crippen LogP) is 3.34. The van der Waals surface area contributed by atoms with Gasteiger partial charge in [0.15, 0.2) is 0 Å². The third kappa shape index (κ3) is 5.46. The van der Waals surface area contributed by atoms with Crippen LogP contribution in [-0.2, 0) is 9.53 Å². The van der Waals surface area contributed by atoms with Crippen LogP contribution in [-0.4, -0.2) is 63.3 Å². The molecule has 2 aromatic rings. The van der Waals surface area contributed by atoms with Gasteiger partial charge in [0, 0.05) is 55.2 Å². The van der Waals surface area contributed by atoms with Crippen LogP contribution in [0.15, 0.2) is 59.8 Å². The first-order valence-corrected chi connectivity index (χ1v) is 11.7. The number of amides is 2. The minimum absolute atomic E-state index is 0.241. The quantitative estimate of drug-likeness (QED) is 0.586. The Kier molecular flexibility index (Phi) is 7.59. The maximum Gasteiger partial charge on any atom is 0.338 e. The van der Waals surface area contributed by atoms with Crippen LogP contribution in [0.5, 0.6) is 5.75 Å². The lowest BCUT2D eigenvalue weighted by atomic mass is 9.95. The molecule has 9 heteroatoms. The molecule has 8 nitrogen and oxygen atoms in total. The number of rotatable bonds is 7. The molecule has 0 radical (unpaired) electrons. The number of carbonyl (C=O) groups is 2. The van der Waals surface area contributed by atoms with E-state index in [0.717, 1.165) is 43.2 Å². The Balaban J connectivity index is 1.54. The number of nitrogens with one attached hydrogen (secondary N) is 2. The SMILES string of the molecule is CCOC(=O)C1=C(CN2CCN(c3cccc(OC)c3)CC2)NC(=O)NC1c1cccc(Cl)c1. The molecule has 180 valence electrons. The fraction of sp³-hybridized carbons (Fsp3) is 0.360. The first kappa shape index (κ1) is 23.9. The predicted molar refractivity (Wildman–Crippen MR) is 131 cm³/mol. The number of hydrogen-bond donors (Lipinski definition) is 2. The second kappa shape index (κ2) is 10.8. The summed E-state index contributed by atoms with van der Waals surface area (Å²) in [7, 11) is 1.66. The summed E-state index contributed by atoms with van der Waals surface area (Å²) in [5.74, 6) is 0.374.